The van der Waals surface area contributed by atoms with Crippen LogP contribution in [0.1, 0.15) is 99.3 Å². The number of amides is 3. The van der Waals surface area contributed by atoms with E-state index < -0.39 is 67.3 Å². The van der Waals surface area contributed by atoms with Crippen LogP contribution >= 0.6 is 0 Å². The van der Waals surface area contributed by atoms with Gasteiger partial charge in [-0.1, -0.05) is 31.9 Å². The lowest BCUT2D eigenvalue weighted by Crippen LogP contribution is -2.63. The molecular weight excluding hydrogens is 721 g/mol. The van der Waals surface area contributed by atoms with Gasteiger partial charge in [-0.15, -0.1) is 0 Å². The molecule has 1 unspecified atom stereocenters. The summed E-state index contributed by atoms with van der Waals surface area (Å²) in [6, 6.07) is -0.646. The first-order valence-corrected chi connectivity index (χ1v) is 20.5. The fourth-order valence-corrected chi connectivity index (χ4v) is 9.28. The number of carboxylic acids is 1. The largest absolute Gasteiger partial charge is 0.482 e. The molecule has 298 valence electrons. The zero-order valence-electron chi connectivity index (χ0n) is 32.0. The van der Waals surface area contributed by atoms with Gasteiger partial charge in [-0.25, -0.2) is 18.0 Å². The topological polar surface area (TPSA) is 207 Å². The van der Waals surface area contributed by atoms with Gasteiger partial charge in [0.25, 0.3) is 5.91 Å². The number of Topliss-reactive ketones (excluding diaryl/α,β-unsaturated/α-hetero) is 1. The summed E-state index contributed by atoms with van der Waals surface area (Å²) in [7, 11) is -3.93. The van der Waals surface area contributed by atoms with Gasteiger partial charge in [0.1, 0.15) is 23.9 Å². The number of hydrogen-bond donors (Lipinski definition) is 4. The van der Waals surface area contributed by atoms with Crippen molar-refractivity contribution in [3.63, 3.8) is 0 Å². The Labute approximate surface area is 316 Å². The molecule has 16 heteroatoms. The Balaban J connectivity index is 1.21. The molecule has 0 bridgehead atoms. The molecule has 4 N–H and O–H groups in total. The average molecular weight is 775 g/mol. The van der Waals surface area contributed by atoms with E-state index in [0.29, 0.717) is 38.3 Å². The van der Waals surface area contributed by atoms with Crippen molar-refractivity contribution in [1.82, 2.24) is 20.3 Å². The Hall–Kier alpha value is -3.92. The molecule has 3 aliphatic heterocycles. The van der Waals surface area contributed by atoms with Crippen LogP contribution in [0.2, 0.25) is 0 Å². The van der Waals surface area contributed by atoms with Gasteiger partial charge in [0, 0.05) is 18.4 Å². The number of carboxylic acid groups (broad SMARTS) is 1. The minimum atomic E-state index is -3.93. The molecule has 3 aliphatic carbocycles. The second-order valence-electron chi connectivity index (χ2n) is 17.3. The van der Waals surface area contributed by atoms with E-state index >= 15 is 0 Å². The highest BCUT2D eigenvalue weighted by Crippen LogP contribution is 2.48. The van der Waals surface area contributed by atoms with Crippen molar-refractivity contribution in [1.29, 1.82) is 0 Å². The normalized spacial score (nSPS) is 34.8. The minimum absolute atomic E-state index is 0.00384. The quantitative estimate of drug-likeness (QED) is 0.227. The van der Waals surface area contributed by atoms with Gasteiger partial charge in [-0.05, 0) is 104 Å². The SMILES string of the molecule is CC1=CC2=C(OC[C@@H](C3C[C@H]4C(=O)N[C@]5(C(=O)NS(=O)(=O)C6(C)CC6)C[C@H]5/C=C\CC[C@H](C)CCCCN4C3)O2)C(=O)[C@]1(NC(=O)OC(C)(C)C)C(=O)O. The van der Waals surface area contributed by atoms with Gasteiger partial charge in [0.15, 0.2) is 5.76 Å². The Morgan fingerprint density at radius 1 is 1.13 bits per heavy atom. The lowest BCUT2D eigenvalue weighted by molar-refractivity contribution is -0.149. The maximum atomic E-state index is 14.2. The number of sulfonamides is 1. The molecule has 6 rings (SSSR count). The summed E-state index contributed by atoms with van der Waals surface area (Å²) in [5, 5.41) is 15.5. The smallest absolute Gasteiger partial charge is 0.409 e. The summed E-state index contributed by atoms with van der Waals surface area (Å²) in [5.74, 6) is -4.11. The molecule has 0 aromatic carbocycles. The van der Waals surface area contributed by atoms with Gasteiger partial charge in [0.05, 0.1) is 10.8 Å². The van der Waals surface area contributed by atoms with Crippen molar-refractivity contribution in [2.45, 2.75) is 133 Å². The van der Waals surface area contributed by atoms with Gasteiger partial charge < -0.3 is 24.6 Å². The molecule has 0 radical (unpaired) electrons. The maximum absolute atomic E-state index is 14.2. The van der Waals surface area contributed by atoms with E-state index in [1.54, 1.807) is 27.7 Å². The first kappa shape index (κ1) is 39.8. The molecule has 3 heterocycles. The molecule has 0 aromatic rings. The highest BCUT2D eigenvalue weighted by molar-refractivity contribution is 7.91. The summed E-state index contributed by atoms with van der Waals surface area (Å²) < 4.78 is 45.0. The first-order chi connectivity index (χ1) is 25.2. The van der Waals surface area contributed by atoms with Gasteiger partial charge in [-0.3, -0.25) is 29.3 Å². The number of alkyl carbamates (subject to hydrolysis) is 1. The van der Waals surface area contributed by atoms with E-state index in [4.69, 9.17) is 14.2 Å². The van der Waals surface area contributed by atoms with Crippen molar-refractivity contribution in [2.24, 2.45) is 17.8 Å². The van der Waals surface area contributed by atoms with Crippen LogP contribution in [0.25, 0.3) is 0 Å². The van der Waals surface area contributed by atoms with E-state index in [-0.39, 0.29) is 47.9 Å². The van der Waals surface area contributed by atoms with E-state index in [2.05, 4.69) is 27.2 Å². The molecular formula is C38H54N4O11S. The van der Waals surface area contributed by atoms with E-state index in [9.17, 15) is 37.5 Å². The number of hydrogen-bond acceptors (Lipinski definition) is 11. The fourth-order valence-electron chi connectivity index (χ4n) is 7.97. The third-order valence-electron chi connectivity index (χ3n) is 11.8. The Kier molecular flexibility index (Phi) is 10.5. The molecule has 15 nitrogen and oxygen atoms in total. The summed E-state index contributed by atoms with van der Waals surface area (Å²) in [5.41, 5.74) is -4.80. The number of carbonyl (C=O) groups excluding carboxylic acids is 4. The third kappa shape index (κ3) is 7.64. The van der Waals surface area contributed by atoms with Gasteiger partial charge in [0.2, 0.25) is 33.0 Å². The molecule has 6 aliphatic rings. The summed E-state index contributed by atoms with van der Waals surface area (Å²) in [6.45, 7) is 11.0. The molecule has 0 aromatic heterocycles. The predicted octanol–water partition coefficient (Wildman–Crippen LogP) is 3.21. The van der Waals surface area contributed by atoms with Crippen LogP contribution in [-0.4, -0.2) is 101 Å². The second kappa shape index (κ2) is 14.3. The lowest BCUT2D eigenvalue weighted by Gasteiger charge is -2.38. The summed E-state index contributed by atoms with van der Waals surface area (Å²) >= 11 is 0. The van der Waals surface area contributed by atoms with Crippen LogP contribution < -0.4 is 15.4 Å². The molecule has 1 saturated heterocycles. The van der Waals surface area contributed by atoms with E-state index in [1.807, 2.05) is 12.2 Å². The van der Waals surface area contributed by atoms with Crippen molar-refractivity contribution in [3.05, 3.63) is 35.3 Å². The number of nitrogens with zero attached hydrogens (tertiary/aromatic N) is 1. The summed E-state index contributed by atoms with van der Waals surface area (Å²) in [6.07, 6.45) is 9.84. The van der Waals surface area contributed by atoms with Crippen molar-refractivity contribution in [3.8, 4) is 0 Å². The Morgan fingerprint density at radius 2 is 1.85 bits per heavy atom. The van der Waals surface area contributed by atoms with Crippen LogP contribution in [0.5, 0.6) is 0 Å². The molecule has 2 saturated carbocycles. The lowest BCUT2D eigenvalue weighted by atomic mass is 9.80. The van der Waals surface area contributed by atoms with Gasteiger partial charge in [-0.2, -0.15) is 0 Å². The van der Waals surface area contributed by atoms with E-state index in [0.717, 1.165) is 32.1 Å². The zero-order chi connectivity index (χ0) is 39.4. The zero-order valence-corrected chi connectivity index (χ0v) is 32.8. The Bertz CT molecular complexity index is 1790. The Morgan fingerprint density at radius 3 is 2.52 bits per heavy atom. The number of fused-ring (bicyclic) bond motifs is 2. The number of allylic oxidation sites excluding steroid dienone is 2. The van der Waals surface area contributed by atoms with Crippen LogP contribution in [-0.2, 0) is 43.4 Å². The highest BCUT2D eigenvalue weighted by atomic mass is 32.2. The number of carbonyl (C=O) groups is 5. The van der Waals surface area contributed by atoms with Crippen LogP contribution in [0, 0.1) is 17.8 Å². The monoisotopic (exact) mass is 774 g/mol. The van der Waals surface area contributed by atoms with Crippen molar-refractivity contribution in [2.75, 3.05) is 19.7 Å². The second-order valence-corrected chi connectivity index (χ2v) is 19.5. The number of nitrogens with one attached hydrogen (secondary N) is 3. The molecule has 7 atom stereocenters. The number of ether oxygens (including phenoxy) is 3. The number of ketones is 1. The predicted molar refractivity (Wildman–Crippen MR) is 195 cm³/mol. The molecule has 3 fully saturated rings. The van der Waals surface area contributed by atoms with Crippen molar-refractivity contribution < 1.29 is 51.7 Å². The van der Waals surface area contributed by atoms with Crippen LogP contribution in [0.15, 0.2) is 35.3 Å². The fraction of sp³-hybridized carbons (Fsp3) is 0.711. The van der Waals surface area contributed by atoms with E-state index in [1.165, 1.54) is 13.0 Å². The standard InChI is InChI=1S/C38H54N4O11S/c1-22-11-7-8-13-25-19-37(25,32(45)41-54(49,50)36(6)14-15-36)39-31(44)26-18-24(20-42(26)16-10-9-12-22)28-21-51-29-27(52-28)17-23(2)38(30(29)43,33(46)47)40-34(48)53-35(3,4)5/h8,13,17,22,24-26,28H,7,9-12,14-16,18-21H2,1-6H3,(H,39,44)(H,40,48)(H,41,45)(H,46,47)/b13-8-/t22-,24?,25+,26-,28-,37+,38-/m0/s1. The first-order valence-electron chi connectivity index (χ1n) is 19.0. The number of aliphatic carboxylic acids is 1. The maximum Gasteiger partial charge on any atom is 0.409 e. The number of rotatable bonds is 6. The molecule has 0 spiro atoms. The third-order valence-corrected chi connectivity index (χ3v) is 14.0. The average Bonchev–Trinajstić information content (AvgIpc) is 3.95. The highest BCUT2D eigenvalue weighted by Gasteiger charge is 2.63. The molecule has 54 heavy (non-hydrogen) atoms. The molecule has 3 amide bonds. The minimum Gasteiger partial charge on any atom is -0.482 e. The van der Waals surface area contributed by atoms with Crippen molar-refractivity contribution >= 4 is 39.7 Å². The van der Waals surface area contributed by atoms with Crippen LogP contribution in [0.4, 0.5) is 4.79 Å². The summed E-state index contributed by atoms with van der Waals surface area (Å²) in [4.78, 5) is 69.1. The van der Waals surface area contributed by atoms with Gasteiger partial charge >= 0.3 is 12.1 Å². The van der Waals surface area contributed by atoms with Crippen LogP contribution in [0.3, 0.4) is 0 Å².